The number of allylic oxidation sites excluding steroid dienone is 1. The van der Waals surface area contributed by atoms with Crippen LogP contribution in [-0.4, -0.2) is 7.05 Å². The summed E-state index contributed by atoms with van der Waals surface area (Å²) in [5.41, 5.74) is 7.04. The van der Waals surface area contributed by atoms with Crippen LogP contribution in [0.5, 0.6) is 0 Å². The second kappa shape index (κ2) is 4.38. The van der Waals surface area contributed by atoms with Gasteiger partial charge in [-0.3, -0.25) is 0 Å². The molecule has 0 spiro atoms. The molecule has 20 heavy (non-hydrogen) atoms. The van der Waals surface area contributed by atoms with Gasteiger partial charge in [0.25, 0.3) is 0 Å². The van der Waals surface area contributed by atoms with Crippen LogP contribution in [0, 0.1) is 0 Å². The molecule has 1 heterocycles. The summed E-state index contributed by atoms with van der Waals surface area (Å²) in [7, 11) is 2.15. The second-order valence-corrected chi connectivity index (χ2v) is 8.00. The van der Waals surface area contributed by atoms with Gasteiger partial charge < -0.3 is 4.90 Å². The minimum Gasteiger partial charge on any atom is -0.347 e. The summed E-state index contributed by atoms with van der Waals surface area (Å²) in [5, 5.41) is 0. The van der Waals surface area contributed by atoms with Crippen molar-refractivity contribution in [3.63, 3.8) is 0 Å². The van der Waals surface area contributed by atoms with Crippen molar-refractivity contribution in [1.29, 1.82) is 0 Å². The maximum atomic E-state index is 4.33. The summed E-state index contributed by atoms with van der Waals surface area (Å²) >= 11 is 0. The van der Waals surface area contributed by atoms with Crippen LogP contribution in [-0.2, 0) is 10.8 Å². The van der Waals surface area contributed by atoms with Gasteiger partial charge in [0.15, 0.2) is 0 Å². The average molecular weight is 271 g/mol. The molecule has 1 aromatic carbocycles. The molecule has 1 heteroatoms. The Labute approximate surface area is 124 Å². The van der Waals surface area contributed by atoms with E-state index in [0.717, 1.165) is 0 Å². The lowest BCUT2D eigenvalue weighted by Gasteiger charge is -2.28. The zero-order valence-corrected chi connectivity index (χ0v) is 14.4. The molecule has 0 aromatic heterocycles. The number of hydrogen-bond donors (Lipinski definition) is 0. The highest BCUT2D eigenvalue weighted by Gasteiger charge is 2.40. The van der Waals surface area contributed by atoms with Crippen molar-refractivity contribution in [3.8, 4) is 0 Å². The highest BCUT2D eigenvalue weighted by Crippen LogP contribution is 2.51. The number of rotatable bonds is 1. The Kier molecular flexibility index (Phi) is 3.32. The van der Waals surface area contributed by atoms with Gasteiger partial charge in [-0.15, -0.1) is 0 Å². The lowest BCUT2D eigenvalue weighted by molar-refractivity contribution is 0.588. The summed E-state index contributed by atoms with van der Waals surface area (Å²) in [5.74, 6) is 0.552. The SMILES string of the molecule is C=C1N(C)c2c(C(C)(C)C)cc(C(C)C)cc2C1(C)C. The number of benzene rings is 1. The fourth-order valence-corrected chi connectivity index (χ4v) is 3.11. The number of fused-ring (bicyclic) bond motifs is 1. The van der Waals surface area contributed by atoms with Crippen molar-refractivity contribution in [2.24, 2.45) is 0 Å². The Balaban J connectivity index is 2.83. The zero-order chi connectivity index (χ0) is 15.5. The van der Waals surface area contributed by atoms with E-state index in [0.29, 0.717) is 5.92 Å². The van der Waals surface area contributed by atoms with E-state index in [2.05, 4.69) is 79.1 Å². The standard InChI is InChI=1S/C19H29N/c1-12(2)14-10-15(18(4,5)6)17-16(11-14)19(7,8)13(3)20(17)9/h10-12H,3H2,1-2,4-9H3. The number of anilines is 1. The molecule has 110 valence electrons. The van der Waals surface area contributed by atoms with Crippen LogP contribution < -0.4 is 4.90 Å². The molecule has 0 radical (unpaired) electrons. The van der Waals surface area contributed by atoms with E-state index in [4.69, 9.17) is 0 Å². The van der Waals surface area contributed by atoms with Gasteiger partial charge in [0, 0.05) is 23.8 Å². The molecule has 1 aliphatic rings. The lowest BCUT2D eigenvalue weighted by Crippen LogP contribution is -2.22. The molecule has 0 fully saturated rings. The molecule has 0 bridgehead atoms. The highest BCUT2D eigenvalue weighted by atomic mass is 15.2. The monoisotopic (exact) mass is 271 g/mol. The first-order chi connectivity index (χ1) is 8.98. The Morgan fingerprint density at radius 1 is 1.15 bits per heavy atom. The normalized spacial score (nSPS) is 17.9. The molecule has 1 nitrogen and oxygen atoms in total. The first kappa shape index (κ1) is 15.2. The van der Waals surface area contributed by atoms with E-state index >= 15 is 0 Å². The maximum Gasteiger partial charge on any atom is 0.0485 e. The summed E-state index contributed by atoms with van der Waals surface area (Å²) < 4.78 is 0. The Morgan fingerprint density at radius 3 is 2.15 bits per heavy atom. The third-order valence-corrected chi connectivity index (χ3v) is 4.74. The molecule has 1 aromatic rings. The van der Waals surface area contributed by atoms with E-state index in [1.165, 1.54) is 28.1 Å². The van der Waals surface area contributed by atoms with Crippen molar-refractivity contribution < 1.29 is 0 Å². The molecule has 0 amide bonds. The summed E-state index contributed by atoms with van der Waals surface area (Å²) in [6.45, 7) is 20.3. The molecule has 0 N–H and O–H groups in total. The van der Waals surface area contributed by atoms with Crippen molar-refractivity contribution in [3.05, 3.63) is 41.1 Å². The number of hydrogen-bond acceptors (Lipinski definition) is 1. The first-order valence-electron chi connectivity index (χ1n) is 7.60. The van der Waals surface area contributed by atoms with E-state index < -0.39 is 0 Å². The molecule has 0 aliphatic carbocycles. The minimum absolute atomic E-state index is 0.0228. The van der Waals surface area contributed by atoms with Gasteiger partial charge in [-0.1, -0.05) is 67.2 Å². The van der Waals surface area contributed by atoms with Crippen LogP contribution in [0.25, 0.3) is 0 Å². The molecule has 1 aliphatic heterocycles. The van der Waals surface area contributed by atoms with Gasteiger partial charge in [0.1, 0.15) is 0 Å². The molecular formula is C19H29N. The van der Waals surface area contributed by atoms with Crippen LogP contribution in [0.2, 0.25) is 0 Å². The van der Waals surface area contributed by atoms with Crippen molar-refractivity contribution in [2.45, 2.75) is 65.2 Å². The number of likely N-dealkylation sites (N-methyl/N-ethyl adjacent to an activating group) is 1. The molecule has 2 rings (SSSR count). The lowest BCUT2D eigenvalue weighted by atomic mass is 9.77. The quantitative estimate of drug-likeness (QED) is 0.665. The minimum atomic E-state index is 0.0228. The zero-order valence-electron chi connectivity index (χ0n) is 14.4. The largest absolute Gasteiger partial charge is 0.347 e. The molecule has 0 unspecified atom stereocenters. The van der Waals surface area contributed by atoms with Crippen LogP contribution in [0.4, 0.5) is 5.69 Å². The molecular weight excluding hydrogens is 242 g/mol. The summed E-state index contributed by atoms with van der Waals surface area (Å²) in [6.07, 6.45) is 0. The third kappa shape index (κ3) is 2.08. The Morgan fingerprint density at radius 2 is 1.70 bits per heavy atom. The van der Waals surface area contributed by atoms with Gasteiger partial charge in [0.05, 0.1) is 0 Å². The average Bonchev–Trinajstić information content (AvgIpc) is 2.49. The van der Waals surface area contributed by atoms with Crippen molar-refractivity contribution in [1.82, 2.24) is 0 Å². The summed E-state index contributed by atoms with van der Waals surface area (Å²) in [4.78, 5) is 2.29. The molecule has 0 saturated carbocycles. The predicted octanol–water partition coefficient (Wildman–Crippen LogP) is 5.35. The topological polar surface area (TPSA) is 3.24 Å². The second-order valence-electron chi connectivity index (χ2n) is 8.00. The Hall–Kier alpha value is -1.24. The fraction of sp³-hybridized carbons (Fsp3) is 0.579. The first-order valence-corrected chi connectivity index (χ1v) is 7.60. The number of nitrogens with zero attached hydrogens (tertiary/aromatic N) is 1. The van der Waals surface area contributed by atoms with Gasteiger partial charge in [-0.25, -0.2) is 0 Å². The summed E-state index contributed by atoms with van der Waals surface area (Å²) in [6, 6.07) is 4.79. The van der Waals surface area contributed by atoms with E-state index in [1.807, 2.05) is 0 Å². The Bertz CT molecular complexity index is 556. The van der Waals surface area contributed by atoms with Crippen molar-refractivity contribution in [2.75, 3.05) is 11.9 Å². The van der Waals surface area contributed by atoms with Gasteiger partial charge >= 0.3 is 0 Å². The van der Waals surface area contributed by atoms with Crippen molar-refractivity contribution >= 4 is 5.69 Å². The van der Waals surface area contributed by atoms with Gasteiger partial charge in [-0.05, 0) is 28.0 Å². The van der Waals surface area contributed by atoms with Gasteiger partial charge in [0.2, 0.25) is 0 Å². The van der Waals surface area contributed by atoms with Crippen LogP contribution >= 0.6 is 0 Å². The predicted molar refractivity (Wildman–Crippen MR) is 89.8 cm³/mol. The van der Waals surface area contributed by atoms with Crippen LogP contribution in [0.15, 0.2) is 24.4 Å². The smallest absolute Gasteiger partial charge is 0.0485 e. The highest BCUT2D eigenvalue weighted by molar-refractivity contribution is 5.75. The van der Waals surface area contributed by atoms with Crippen LogP contribution in [0.1, 0.15) is 71.1 Å². The fourth-order valence-electron chi connectivity index (χ4n) is 3.11. The van der Waals surface area contributed by atoms with E-state index in [9.17, 15) is 0 Å². The van der Waals surface area contributed by atoms with Crippen LogP contribution in [0.3, 0.4) is 0 Å². The van der Waals surface area contributed by atoms with Gasteiger partial charge in [-0.2, -0.15) is 0 Å². The molecule has 0 saturated heterocycles. The third-order valence-electron chi connectivity index (χ3n) is 4.74. The molecule has 0 atom stereocenters. The van der Waals surface area contributed by atoms with E-state index in [1.54, 1.807) is 0 Å². The van der Waals surface area contributed by atoms with E-state index in [-0.39, 0.29) is 10.8 Å². The maximum absolute atomic E-state index is 4.33.